The number of thiol groups is 1. The van der Waals surface area contributed by atoms with Crippen molar-refractivity contribution in [2.75, 3.05) is 0 Å². The molecule has 0 aliphatic carbocycles. The third-order valence-electron chi connectivity index (χ3n) is 3.94. The molecule has 1 atom stereocenters. The number of H-pyrrole nitrogens is 1. The molecule has 0 bridgehead atoms. The van der Waals surface area contributed by atoms with Crippen LogP contribution in [0.15, 0.2) is 47.4 Å². The third-order valence-corrected chi connectivity index (χ3v) is 4.47. The van der Waals surface area contributed by atoms with Gasteiger partial charge < -0.3 is 15.1 Å². The van der Waals surface area contributed by atoms with Crippen molar-refractivity contribution >= 4 is 41.0 Å². The monoisotopic (exact) mass is 460 g/mol. The van der Waals surface area contributed by atoms with Gasteiger partial charge in [0.1, 0.15) is 5.43 Å². The van der Waals surface area contributed by atoms with Crippen LogP contribution >= 0.6 is 24.2 Å². The van der Waals surface area contributed by atoms with E-state index >= 15 is 0 Å². The average molecular weight is 461 g/mol. The van der Waals surface area contributed by atoms with Crippen molar-refractivity contribution in [3.05, 3.63) is 80.6 Å². The van der Waals surface area contributed by atoms with Gasteiger partial charge in [-0.3, -0.25) is 4.79 Å². The topological polar surface area (TPSA) is 62.0 Å². The smallest absolute Gasteiger partial charge is 0.382 e. The zero-order valence-electron chi connectivity index (χ0n) is 14.0. The summed E-state index contributed by atoms with van der Waals surface area (Å²) in [6, 6.07) is 13.5. The molecule has 0 saturated heterocycles. The van der Waals surface area contributed by atoms with E-state index < -0.39 is 5.91 Å². The number of amides is 1. The summed E-state index contributed by atoms with van der Waals surface area (Å²) >= 11 is 10.3. The fourth-order valence-corrected chi connectivity index (χ4v) is 2.92. The van der Waals surface area contributed by atoms with Gasteiger partial charge in [-0.1, -0.05) is 41.6 Å². The van der Waals surface area contributed by atoms with Gasteiger partial charge in [0, 0.05) is 17.8 Å². The van der Waals surface area contributed by atoms with Crippen LogP contribution in [0.4, 0.5) is 0 Å². The number of hydrogen-bond donors (Lipinski definition) is 3. The third kappa shape index (κ3) is 4.58. The first-order chi connectivity index (χ1) is 12.0. The molecule has 1 heterocycles. The Bertz CT molecular complexity index is 987. The molecule has 3 aromatic rings. The van der Waals surface area contributed by atoms with Crippen molar-refractivity contribution in [1.29, 1.82) is 0 Å². The number of aromatic nitrogens is 1. The zero-order chi connectivity index (χ0) is 18.0. The molecule has 7 heteroatoms. The van der Waals surface area contributed by atoms with Crippen LogP contribution in [-0.2, 0) is 39.3 Å². The Kier molecular flexibility index (Phi) is 7.47. The Balaban J connectivity index is 0.00000243. The quantitative estimate of drug-likeness (QED) is 0.408. The van der Waals surface area contributed by atoms with Crippen molar-refractivity contribution in [3.63, 3.8) is 0 Å². The molecule has 4 nitrogen and oxygen atoms in total. The average Bonchev–Trinajstić information content (AvgIpc) is 2.61. The minimum absolute atomic E-state index is 0. The van der Waals surface area contributed by atoms with Crippen LogP contribution in [0, 0.1) is 6.07 Å². The van der Waals surface area contributed by atoms with Crippen molar-refractivity contribution in [1.82, 2.24) is 10.3 Å². The number of halogens is 1. The Hall–Kier alpha value is -1.14. The molecule has 0 fully saturated rings. The van der Waals surface area contributed by atoms with Crippen LogP contribution in [0.1, 0.15) is 33.7 Å². The van der Waals surface area contributed by atoms with Gasteiger partial charge in [0.05, 0.1) is 5.56 Å². The maximum absolute atomic E-state index is 12.7. The maximum Gasteiger partial charge on any atom is 3.00 e. The number of fused-ring (bicyclic) bond motifs is 1. The minimum Gasteiger partial charge on any atom is -0.382 e. The predicted molar refractivity (Wildman–Crippen MR) is 103 cm³/mol. The molecular formula is C19H16ClN2O2SY+2. The number of carbonyl (C=O) groups excluding carboxylic acids is 1. The zero-order valence-corrected chi connectivity index (χ0v) is 18.5. The molecule has 3 rings (SSSR count). The first kappa shape index (κ1) is 21.2. The Morgan fingerprint density at radius 3 is 2.65 bits per heavy atom. The van der Waals surface area contributed by atoms with E-state index in [1.165, 1.54) is 6.20 Å². The largest absolute Gasteiger partial charge is 3.00 e. The van der Waals surface area contributed by atoms with Gasteiger partial charge in [0.25, 0.3) is 5.91 Å². The fourth-order valence-electron chi connectivity index (χ4n) is 2.59. The van der Waals surface area contributed by atoms with E-state index in [1.54, 1.807) is 24.3 Å². The molecule has 0 spiro atoms. The van der Waals surface area contributed by atoms with E-state index in [1.807, 2.05) is 19.1 Å². The van der Waals surface area contributed by atoms with Gasteiger partial charge in [-0.2, -0.15) is 30.8 Å². The normalized spacial score (nSPS) is 11.7. The molecule has 1 aromatic heterocycles. The summed E-state index contributed by atoms with van der Waals surface area (Å²) in [6.07, 6.45) is 1.45. The summed E-state index contributed by atoms with van der Waals surface area (Å²) in [5.41, 5.74) is 2.19. The van der Waals surface area contributed by atoms with E-state index in [9.17, 15) is 9.59 Å². The van der Waals surface area contributed by atoms with Gasteiger partial charge in [0.15, 0.2) is 0 Å². The maximum atomic E-state index is 12.7. The number of benzene rings is 2. The van der Waals surface area contributed by atoms with Gasteiger partial charge in [0.2, 0.25) is 0 Å². The summed E-state index contributed by atoms with van der Waals surface area (Å²) in [5, 5.41) is 3.75. The molecule has 0 aliphatic rings. The van der Waals surface area contributed by atoms with Crippen LogP contribution in [0.2, 0.25) is 5.02 Å². The molecule has 1 unspecified atom stereocenters. The predicted octanol–water partition coefficient (Wildman–Crippen LogP) is 3.90. The van der Waals surface area contributed by atoms with Crippen molar-refractivity contribution in [2.24, 2.45) is 0 Å². The Labute approximate surface area is 187 Å². The molecule has 2 aromatic carbocycles. The van der Waals surface area contributed by atoms with E-state index in [4.69, 9.17) is 11.6 Å². The van der Waals surface area contributed by atoms with E-state index in [-0.39, 0.29) is 49.0 Å². The number of carbonyl (C=O) groups is 1. The second-order valence-electron chi connectivity index (χ2n) is 5.72. The molecule has 26 heavy (non-hydrogen) atoms. The van der Waals surface area contributed by atoms with Crippen molar-refractivity contribution in [3.8, 4) is 0 Å². The second-order valence-corrected chi connectivity index (χ2v) is 6.93. The van der Waals surface area contributed by atoms with E-state index in [0.717, 1.165) is 11.1 Å². The molecule has 2 N–H and O–H groups in total. The van der Waals surface area contributed by atoms with Crippen molar-refractivity contribution < 1.29 is 37.5 Å². The van der Waals surface area contributed by atoms with Crippen LogP contribution in [0.25, 0.3) is 10.9 Å². The minimum atomic E-state index is -0.428. The van der Waals surface area contributed by atoms with Gasteiger partial charge in [-0.05, 0) is 22.9 Å². The number of nitrogens with one attached hydrogen (secondary N) is 2. The number of rotatable bonds is 4. The first-order valence-electron chi connectivity index (χ1n) is 7.73. The number of pyridine rings is 1. The number of hydrogen-bond acceptors (Lipinski definition) is 3. The van der Waals surface area contributed by atoms with Gasteiger partial charge >= 0.3 is 32.7 Å². The standard InChI is InChI=1S/C19H16ClN2O2S.Y/c1-11(25)14-3-2-4-15-17(14)21-10-16(18(15)23)19(24)22-9-12-5-7-13(20)8-6-12;/h3-8,10-11,25H,9H2,1H3,(H,21,23)(H,22,24);/q-1;+3. The molecule has 0 saturated carbocycles. The molecule has 0 radical (unpaired) electrons. The van der Waals surface area contributed by atoms with Gasteiger partial charge in [-0.25, -0.2) is 0 Å². The SMILES string of the molecule is CC(S)c1c[c-]cc2c(=O)c(C(=O)NCc3ccc(Cl)cc3)c[nH]c12.[Y+3]. The summed E-state index contributed by atoms with van der Waals surface area (Å²) < 4.78 is 0. The summed E-state index contributed by atoms with van der Waals surface area (Å²) in [6.45, 7) is 2.23. The van der Waals surface area contributed by atoms with Crippen LogP contribution < -0.4 is 10.7 Å². The fraction of sp³-hybridized carbons (Fsp3) is 0.158. The van der Waals surface area contributed by atoms with Crippen LogP contribution in [-0.4, -0.2) is 10.9 Å². The second kappa shape index (κ2) is 9.18. The molecule has 0 aliphatic heterocycles. The Morgan fingerprint density at radius 2 is 2.00 bits per heavy atom. The number of aromatic amines is 1. The van der Waals surface area contributed by atoms with E-state index in [0.29, 0.717) is 22.5 Å². The summed E-state index contributed by atoms with van der Waals surface area (Å²) in [7, 11) is 0. The molecule has 128 valence electrons. The van der Waals surface area contributed by atoms with Crippen molar-refractivity contribution in [2.45, 2.75) is 18.7 Å². The van der Waals surface area contributed by atoms with E-state index in [2.05, 4.69) is 29.0 Å². The van der Waals surface area contributed by atoms with Gasteiger partial charge in [-0.15, -0.1) is 5.56 Å². The summed E-state index contributed by atoms with van der Waals surface area (Å²) in [4.78, 5) is 28.1. The molecular weight excluding hydrogens is 445 g/mol. The van der Waals surface area contributed by atoms with Crippen LogP contribution in [0.3, 0.4) is 0 Å². The molecule has 1 amide bonds. The summed E-state index contributed by atoms with van der Waals surface area (Å²) in [5.74, 6) is -0.428. The Morgan fingerprint density at radius 1 is 1.31 bits per heavy atom. The first-order valence-corrected chi connectivity index (χ1v) is 8.63. The van der Waals surface area contributed by atoms with Crippen LogP contribution in [0.5, 0.6) is 0 Å².